The number of anilines is 1. The Morgan fingerprint density at radius 2 is 2.25 bits per heavy atom. The van der Waals surface area contributed by atoms with Gasteiger partial charge in [-0.25, -0.2) is 0 Å². The van der Waals surface area contributed by atoms with Crippen molar-refractivity contribution in [1.29, 1.82) is 0 Å². The van der Waals surface area contributed by atoms with Crippen molar-refractivity contribution in [2.45, 2.75) is 6.92 Å². The summed E-state index contributed by atoms with van der Waals surface area (Å²) in [4.78, 5) is 12.6. The molecule has 1 aromatic carbocycles. The number of nitrogen functional groups attached to an aromatic ring is 1. The minimum Gasteiger partial charge on any atom is -0.397 e. The first kappa shape index (κ1) is 14.8. The Bertz CT molecular complexity index is 610. The summed E-state index contributed by atoms with van der Waals surface area (Å²) in [5, 5.41) is 12.3. The quantitative estimate of drug-likeness (QED) is 0.705. The van der Waals surface area contributed by atoms with Crippen LogP contribution in [0.3, 0.4) is 0 Å². The number of fused-ring (bicyclic) bond motifs is 1. The second-order valence-corrected chi connectivity index (χ2v) is 5.49. The molecule has 5 nitrogen and oxygen atoms in total. The number of carbonyl (C=O) groups is 1. The Morgan fingerprint density at radius 3 is 3.00 bits per heavy atom. The van der Waals surface area contributed by atoms with E-state index in [0.717, 1.165) is 15.6 Å². The van der Waals surface area contributed by atoms with Gasteiger partial charge in [-0.2, -0.15) is 0 Å². The third-order valence-electron chi connectivity index (χ3n) is 2.86. The molecule has 0 aliphatic rings. The molecule has 1 aromatic heterocycles. The Hall–Kier alpha value is -1.63. The fourth-order valence-corrected chi connectivity index (χ4v) is 2.90. The van der Waals surface area contributed by atoms with Crippen molar-refractivity contribution in [3.05, 3.63) is 28.6 Å². The van der Waals surface area contributed by atoms with E-state index >= 15 is 0 Å². The predicted octanol–water partition coefficient (Wildman–Crippen LogP) is 1.53. The van der Waals surface area contributed by atoms with Crippen LogP contribution in [0.4, 0.5) is 5.69 Å². The molecule has 0 radical (unpaired) electrons. The summed E-state index contributed by atoms with van der Waals surface area (Å²) in [5.74, 6) is -0.186. The highest BCUT2D eigenvalue weighted by molar-refractivity contribution is 7.21. The number of rotatable bonds is 6. The number of benzene rings is 1. The van der Waals surface area contributed by atoms with E-state index in [1.165, 1.54) is 11.3 Å². The first-order valence-electron chi connectivity index (χ1n) is 6.39. The smallest absolute Gasteiger partial charge is 0.263 e. The fourth-order valence-electron chi connectivity index (χ4n) is 1.88. The van der Waals surface area contributed by atoms with Crippen molar-refractivity contribution in [3.63, 3.8) is 0 Å². The molecule has 0 fully saturated rings. The number of nitrogens with one attached hydrogen (secondary N) is 1. The highest BCUT2D eigenvalue weighted by Gasteiger charge is 2.15. The van der Waals surface area contributed by atoms with Crippen LogP contribution in [0.25, 0.3) is 10.1 Å². The summed E-state index contributed by atoms with van der Waals surface area (Å²) >= 11 is 1.39. The maximum atomic E-state index is 12.1. The van der Waals surface area contributed by atoms with E-state index in [2.05, 4.69) is 5.32 Å². The van der Waals surface area contributed by atoms with Gasteiger partial charge < -0.3 is 20.9 Å². The Kier molecular flexibility index (Phi) is 4.94. The van der Waals surface area contributed by atoms with Crippen LogP contribution in [-0.2, 0) is 4.74 Å². The van der Waals surface area contributed by atoms with E-state index in [1.807, 2.05) is 25.1 Å². The number of hydrogen-bond acceptors (Lipinski definition) is 5. The largest absolute Gasteiger partial charge is 0.397 e. The number of thiophene rings is 1. The molecule has 0 saturated heterocycles. The number of carbonyl (C=O) groups excluding carboxylic acids is 1. The zero-order chi connectivity index (χ0) is 14.5. The van der Waals surface area contributed by atoms with Gasteiger partial charge >= 0.3 is 0 Å². The van der Waals surface area contributed by atoms with Crippen LogP contribution in [0, 0.1) is 6.92 Å². The van der Waals surface area contributed by atoms with E-state index < -0.39 is 0 Å². The van der Waals surface area contributed by atoms with Crippen molar-refractivity contribution < 1.29 is 14.6 Å². The van der Waals surface area contributed by atoms with Crippen molar-refractivity contribution in [2.24, 2.45) is 0 Å². The first-order valence-corrected chi connectivity index (χ1v) is 7.20. The molecule has 0 atom stereocenters. The van der Waals surface area contributed by atoms with E-state index in [1.54, 1.807) is 0 Å². The second-order valence-electron chi connectivity index (χ2n) is 4.44. The molecule has 4 N–H and O–H groups in total. The standard InChI is InChI=1S/C14H18N2O3S/c1-9-2-3-11-10(8-9)12(15)13(20-11)14(18)16-4-6-19-7-5-17/h2-3,8,17H,4-7,15H2,1H3,(H,16,18). The lowest BCUT2D eigenvalue weighted by atomic mass is 10.1. The predicted molar refractivity (Wildman–Crippen MR) is 81.2 cm³/mol. The average molecular weight is 294 g/mol. The molecule has 108 valence electrons. The second kappa shape index (κ2) is 6.69. The topological polar surface area (TPSA) is 84.6 Å². The van der Waals surface area contributed by atoms with E-state index in [9.17, 15) is 4.79 Å². The Morgan fingerprint density at radius 1 is 1.45 bits per heavy atom. The summed E-state index contributed by atoms with van der Waals surface area (Å²) in [6.07, 6.45) is 0. The molecule has 0 spiro atoms. The molecule has 2 aromatic rings. The molecule has 0 saturated carbocycles. The molecule has 1 heterocycles. The lowest BCUT2D eigenvalue weighted by Crippen LogP contribution is -2.27. The van der Waals surface area contributed by atoms with E-state index in [0.29, 0.717) is 23.7 Å². The average Bonchev–Trinajstić information content (AvgIpc) is 2.76. The van der Waals surface area contributed by atoms with Crippen LogP contribution in [0.5, 0.6) is 0 Å². The van der Waals surface area contributed by atoms with E-state index in [4.69, 9.17) is 15.6 Å². The van der Waals surface area contributed by atoms with Gasteiger partial charge in [-0.3, -0.25) is 4.79 Å². The van der Waals surface area contributed by atoms with Crippen LogP contribution >= 0.6 is 11.3 Å². The van der Waals surface area contributed by atoms with Gasteiger partial charge in [0, 0.05) is 16.6 Å². The highest BCUT2D eigenvalue weighted by Crippen LogP contribution is 2.33. The first-order chi connectivity index (χ1) is 9.63. The minimum absolute atomic E-state index is 0.0173. The molecule has 20 heavy (non-hydrogen) atoms. The third kappa shape index (κ3) is 3.27. The van der Waals surface area contributed by atoms with Crippen molar-refractivity contribution in [3.8, 4) is 0 Å². The van der Waals surface area contributed by atoms with Gasteiger partial charge in [-0.15, -0.1) is 11.3 Å². The van der Waals surface area contributed by atoms with Crippen LogP contribution in [0.2, 0.25) is 0 Å². The molecule has 6 heteroatoms. The van der Waals surface area contributed by atoms with Gasteiger partial charge in [0.1, 0.15) is 4.88 Å². The van der Waals surface area contributed by atoms with Crippen LogP contribution in [0.15, 0.2) is 18.2 Å². The number of aliphatic hydroxyl groups excluding tert-OH is 1. The summed E-state index contributed by atoms with van der Waals surface area (Å²) in [6, 6.07) is 5.97. The Balaban J connectivity index is 2.05. The van der Waals surface area contributed by atoms with Crippen molar-refractivity contribution >= 4 is 33.0 Å². The lowest BCUT2D eigenvalue weighted by Gasteiger charge is -2.04. The maximum absolute atomic E-state index is 12.1. The van der Waals surface area contributed by atoms with Crippen molar-refractivity contribution in [2.75, 3.05) is 32.1 Å². The van der Waals surface area contributed by atoms with Gasteiger partial charge in [-0.1, -0.05) is 11.6 Å². The van der Waals surface area contributed by atoms with E-state index in [-0.39, 0.29) is 19.1 Å². The molecular weight excluding hydrogens is 276 g/mol. The van der Waals surface area contributed by atoms with Gasteiger partial charge in [-0.05, 0) is 19.1 Å². The van der Waals surface area contributed by atoms with Gasteiger partial charge in [0.15, 0.2) is 0 Å². The fraction of sp³-hybridized carbons (Fsp3) is 0.357. The molecule has 0 aliphatic carbocycles. The monoisotopic (exact) mass is 294 g/mol. The maximum Gasteiger partial charge on any atom is 0.263 e. The number of amides is 1. The van der Waals surface area contributed by atoms with Gasteiger partial charge in [0.05, 0.1) is 25.5 Å². The molecule has 0 bridgehead atoms. The normalized spacial score (nSPS) is 10.9. The summed E-state index contributed by atoms with van der Waals surface area (Å²) in [6.45, 7) is 3.02. The molecular formula is C14H18N2O3S. The Labute approximate surface area is 121 Å². The van der Waals surface area contributed by atoms with Crippen LogP contribution in [-0.4, -0.2) is 37.4 Å². The zero-order valence-corrected chi connectivity index (χ0v) is 12.1. The SMILES string of the molecule is Cc1ccc2sc(C(=O)NCCOCCO)c(N)c2c1. The molecule has 0 unspecified atom stereocenters. The minimum atomic E-state index is -0.186. The third-order valence-corrected chi connectivity index (χ3v) is 4.04. The highest BCUT2D eigenvalue weighted by atomic mass is 32.1. The van der Waals surface area contributed by atoms with Gasteiger partial charge in [0.2, 0.25) is 0 Å². The zero-order valence-electron chi connectivity index (χ0n) is 11.3. The summed E-state index contributed by atoms with van der Waals surface area (Å²) in [7, 11) is 0. The molecule has 2 rings (SSSR count). The number of aryl methyl sites for hydroxylation is 1. The van der Waals surface area contributed by atoms with Crippen molar-refractivity contribution in [1.82, 2.24) is 5.32 Å². The van der Waals surface area contributed by atoms with Gasteiger partial charge in [0.25, 0.3) is 5.91 Å². The number of aliphatic hydroxyl groups is 1. The molecule has 1 amide bonds. The van der Waals surface area contributed by atoms with Crippen LogP contribution < -0.4 is 11.1 Å². The number of hydrogen-bond donors (Lipinski definition) is 3. The van der Waals surface area contributed by atoms with Crippen LogP contribution in [0.1, 0.15) is 15.2 Å². The summed E-state index contributed by atoms with van der Waals surface area (Å²) < 4.78 is 6.09. The summed E-state index contributed by atoms with van der Waals surface area (Å²) in [5.41, 5.74) is 7.69. The lowest BCUT2D eigenvalue weighted by molar-refractivity contribution is 0.0841. The molecule has 0 aliphatic heterocycles. The number of nitrogens with two attached hydrogens (primary N) is 1. The number of ether oxygens (including phenoxy) is 1.